The van der Waals surface area contributed by atoms with Crippen LogP contribution < -0.4 is 0 Å². The zero-order chi connectivity index (χ0) is 23.4. The van der Waals surface area contributed by atoms with E-state index in [4.69, 9.17) is 4.84 Å². The summed E-state index contributed by atoms with van der Waals surface area (Å²) in [6.45, 7) is 8.57. The van der Waals surface area contributed by atoms with Gasteiger partial charge in [0, 0.05) is 25.7 Å². The third kappa shape index (κ3) is 3.89. The molecule has 4 fully saturated rings. The summed E-state index contributed by atoms with van der Waals surface area (Å²) in [6.07, 6.45) is 5.31. The van der Waals surface area contributed by atoms with Crippen LogP contribution in [0, 0.1) is 40.9 Å². The van der Waals surface area contributed by atoms with Gasteiger partial charge in [-0.1, -0.05) is 20.8 Å². The minimum Gasteiger partial charge on any atom is -0.393 e. The molecule has 7 heteroatoms. The highest BCUT2D eigenvalue weighted by atomic mass is 16.7. The molecule has 9 atom stereocenters. The van der Waals surface area contributed by atoms with Crippen LogP contribution >= 0.6 is 0 Å². The van der Waals surface area contributed by atoms with Crippen LogP contribution in [0.5, 0.6) is 0 Å². The van der Waals surface area contributed by atoms with Crippen molar-refractivity contribution in [2.45, 2.75) is 97.2 Å². The predicted molar refractivity (Wildman–Crippen MR) is 117 cm³/mol. The van der Waals surface area contributed by atoms with Crippen LogP contribution in [0.3, 0.4) is 0 Å². The number of carbonyl (C=O) groups excluding carboxylic acids is 3. The van der Waals surface area contributed by atoms with Crippen molar-refractivity contribution in [1.82, 2.24) is 5.06 Å². The maximum absolute atomic E-state index is 12.3. The van der Waals surface area contributed by atoms with E-state index in [-0.39, 0.29) is 36.5 Å². The number of hydrogen-bond donors (Lipinski definition) is 2. The molecule has 7 nitrogen and oxygen atoms in total. The van der Waals surface area contributed by atoms with Gasteiger partial charge in [-0.15, -0.1) is 5.06 Å². The molecule has 1 aliphatic heterocycles. The Hall–Kier alpha value is -1.47. The SMILES string of the molecule is CC1C2CCC3(C)C(CCC3[C@H](C)CCC(=O)ON3C(=O)CCC3=O)C2C(O)C[C@]1(C)O. The summed E-state index contributed by atoms with van der Waals surface area (Å²) in [6, 6.07) is 0. The molecule has 4 rings (SSSR count). The van der Waals surface area contributed by atoms with Crippen molar-refractivity contribution in [2.75, 3.05) is 0 Å². The number of fused-ring (bicyclic) bond motifs is 3. The topological polar surface area (TPSA) is 104 Å². The van der Waals surface area contributed by atoms with Crippen LogP contribution in [0.15, 0.2) is 0 Å². The fourth-order valence-corrected chi connectivity index (χ4v) is 7.89. The lowest BCUT2D eigenvalue weighted by Crippen LogP contribution is -2.57. The summed E-state index contributed by atoms with van der Waals surface area (Å²) >= 11 is 0. The summed E-state index contributed by atoms with van der Waals surface area (Å²) in [5.74, 6) is 0.558. The zero-order valence-corrected chi connectivity index (χ0v) is 19.9. The highest BCUT2D eigenvalue weighted by Gasteiger charge is 2.60. The zero-order valence-electron chi connectivity index (χ0n) is 19.9. The fourth-order valence-electron chi connectivity index (χ4n) is 7.89. The lowest BCUT2D eigenvalue weighted by atomic mass is 9.49. The van der Waals surface area contributed by atoms with E-state index in [2.05, 4.69) is 20.8 Å². The van der Waals surface area contributed by atoms with E-state index < -0.39 is 29.5 Å². The Morgan fingerprint density at radius 1 is 1.19 bits per heavy atom. The summed E-state index contributed by atoms with van der Waals surface area (Å²) in [7, 11) is 0. The van der Waals surface area contributed by atoms with E-state index >= 15 is 0 Å². The van der Waals surface area contributed by atoms with Crippen LogP contribution in [0.4, 0.5) is 0 Å². The van der Waals surface area contributed by atoms with Crippen molar-refractivity contribution in [3.8, 4) is 0 Å². The molecule has 1 saturated heterocycles. The highest BCUT2D eigenvalue weighted by molar-refractivity contribution is 6.01. The van der Waals surface area contributed by atoms with Gasteiger partial charge in [-0.25, -0.2) is 4.79 Å². The van der Waals surface area contributed by atoms with Crippen LogP contribution in [0.25, 0.3) is 0 Å². The highest BCUT2D eigenvalue weighted by Crippen LogP contribution is 2.64. The molecule has 0 aromatic carbocycles. The molecule has 7 unspecified atom stereocenters. The third-order valence-corrected chi connectivity index (χ3v) is 9.84. The first kappa shape index (κ1) is 23.7. The fraction of sp³-hybridized carbons (Fsp3) is 0.880. The number of imide groups is 1. The van der Waals surface area contributed by atoms with Gasteiger partial charge >= 0.3 is 5.97 Å². The quantitative estimate of drug-likeness (QED) is 0.625. The molecular weight excluding hydrogens is 410 g/mol. The Balaban J connectivity index is 1.38. The number of hydroxylamine groups is 2. The molecule has 180 valence electrons. The minimum absolute atomic E-state index is 0.104. The molecule has 4 aliphatic rings. The molecule has 32 heavy (non-hydrogen) atoms. The predicted octanol–water partition coefficient (Wildman–Crippen LogP) is 3.22. The van der Waals surface area contributed by atoms with Gasteiger partial charge < -0.3 is 15.1 Å². The third-order valence-electron chi connectivity index (χ3n) is 9.84. The molecule has 0 spiro atoms. The minimum atomic E-state index is -0.807. The van der Waals surface area contributed by atoms with Gasteiger partial charge in [-0.2, -0.15) is 0 Å². The average Bonchev–Trinajstić information content (AvgIpc) is 3.23. The van der Waals surface area contributed by atoms with Gasteiger partial charge in [0.15, 0.2) is 0 Å². The Bertz CT molecular complexity index is 764. The number of carbonyl (C=O) groups is 3. The van der Waals surface area contributed by atoms with E-state index in [1.165, 1.54) is 0 Å². The first-order chi connectivity index (χ1) is 15.0. The van der Waals surface area contributed by atoms with Crippen molar-refractivity contribution in [2.24, 2.45) is 40.9 Å². The van der Waals surface area contributed by atoms with E-state index in [1.807, 2.05) is 6.92 Å². The number of rotatable bonds is 5. The molecule has 0 aromatic heterocycles. The summed E-state index contributed by atoms with van der Waals surface area (Å²) in [5.41, 5.74) is -0.687. The second kappa shape index (κ2) is 8.39. The second-order valence-electron chi connectivity index (χ2n) is 11.6. The van der Waals surface area contributed by atoms with Crippen molar-refractivity contribution < 1.29 is 29.4 Å². The Morgan fingerprint density at radius 3 is 2.50 bits per heavy atom. The van der Waals surface area contributed by atoms with Crippen molar-refractivity contribution in [3.63, 3.8) is 0 Å². The van der Waals surface area contributed by atoms with E-state index in [0.717, 1.165) is 25.7 Å². The van der Waals surface area contributed by atoms with Crippen molar-refractivity contribution >= 4 is 17.8 Å². The number of hydrogen-bond acceptors (Lipinski definition) is 6. The van der Waals surface area contributed by atoms with Crippen LogP contribution in [0.1, 0.15) is 85.5 Å². The molecule has 3 saturated carbocycles. The second-order valence-corrected chi connectivity index (χ2v) is 11.6. The van der Waals surface area contributed by atoms with Gasteiger partial charge in [-0.3, -0.25) is 9.59 Å². The monoisotopic (exact) mass is 449 g/mol. The maximum atomic E-state index is 12.3. The lowest BCUT2D eigenvalue weighted by molar-refractivity contribution is -0.197. The smallest absolute Gasteiger partial charge is 0.333 e. The normalized spacial score (nSPS) is 44.9. The lowest BCUT2D eigenvalue weighted by Gasteiger charge is -2.57. The Kier molecular flexibility index (Phi) is 6.21. The first-order valence-electron chi connectivity index (χ1n) is 12.4. The molecule has 2 N–H and O–H groups in total. The van der Waals surface area contributed by atoms with Gasteiger partial charge in [0.2, 0.25) is 0 Å². The Morgan fingerprint density at radius 2 is 1.84 bits per heavy atom. The molecule has 0 radical (unpaired) electrons. The van der Waals surface area contributed by atoms with Crippen molar-refractivity contribution in [3.05, 3.63) is 0 Å². The van der Waals surface area contributed by atoms with Crippen LogP contribution in [-0.2, 0) is 19.2 Å². The average molecular weight is 450 g/mol. The largest absolute Gasteiger partial charge is 0.393 e. The van der Waals surface area contributed by atoms with Gasteiger partial charge in [0.1, 0.15) is 0 Å². The number of nitrogens with zero attached hydrogens (tertiary/aromatic N) is 1. The van der Waals surface area contributed by atoms with Crippen LogP contribution in [-0.4, -0.2) is 44.8 Å². The number of aliphatic hydroxyl groups is 2. The number of amides is 2. The molecule has 3 aliphatic carbocycles. The van der Waals surface area contributed by atoms with Gasteiger partial charge in [0.25, 0.3) is 11.8 Å². The van der Waals surface area contributed by atoms with Gasteiger partial charge in [0.05, 0.1) is 11.7 Å². The first-order valence-corrected chi connectivity index (χ1v) is 12.4. The van der Waals surface area contributed by atoms with E-state index in [9.17, 15) is 24.6 Å². The Labute approximate surface area is 190 Å². The summed E-state index contributed by atoms with van der Waals surface area (Å²) in [4.78, 5) is 40.6. The van der Waals surface area contributed by atoms with Gasteiger partial charge in [-0.05, 0) is 80.0 Å². The molecule has 0 bridgehead atoms. The van der Waals surface area contributed by atoms with E-state index in [0.29, 0.717) is 41.6 Å². The molecule has 1 heterocycles. The van der Waals surface area contributed by atoms with E-state index in [1.54, 1.807) is 0 Å². The molecule has 2 amide bonds. The molecule has 0 aromatic rings. The van der Waals surface area contributed by atoms with Crippen LogP contribution in [0.2, 0.25) is 0 Å². The number of aliphatic hydroxyl groups excluding tert-OH is 1. The maximum Gasteiger partial charge on any atom is 0.333 e. The summed E-state index contributed by atoms with van der Waals surface area (Å²) in [5, 5.41) is 22.4. The van der Waals surface area contributed by atoms with Crippen molar-refractivity contribution in [1.29, 1.82) is 0 Å². The summed E-state index contributed by atoms with van der Waals surface area (Å²) < 4.78 is 0. The standard InChI is InChI=1S/C25H39NO6/c1-14(5-10-22(30)32-26-20(28)8-9-21(26)29)17-6-7-18-23-16(11-12-24(17,18)3)15(2)25(4,31)13-19(23)27/h14-19,23,27,31H,5-13H2,1-4H3/t14-,15?,16?,17?,18?,19?,23?,24?,25+/m1/s1. The molecular formula is C25H39NO6.